The van der Waals surface area contributed by atoms with Gasteiger partial charge in [0.15, 0.2) is 0 Å². The van der Waals surface area contributed by atoms with E-state index in [0.29, 0.717) is 17.7 Å². The molecule has 1 atom stereocenters. The van der Waals surface area contributed by atoms with E-state index in [0.717, 1.165) is 31.5 Å². The van der Waals surface area contributed by atoms with Crippen LogP contribution in [0.1, 0.15) is 29.5 Å². The minimum absolute atomic E-state index is 0.0661. The van der Waals surface area contributed by atoms with Crippen LogP contribution in [0, 0.1) is 25.6 Å². The van der Waals surface area contributed by atoms with E-state index in [1.54, 1.807) is 26.0 Å². The Labute approximate surface area is 113 Å². The zero-order valence-corrected chi connectivity index (χ0v) is 11.6. The summed E-state index contributed by atoms with van der Waals surface area (Å²) in [5.41, 5.74) is 2.21. The van der Waals surface area contributed by atoms with Gasteiger partial charge in [0.1, 0.15) is 5.82 Å². The fourth-order valence-corrected chi connectivity index (χ4v) is 2.55. The molecule has 1 aliphatic heterocycles. The molecule has 0 spiro atoms. The Balaban J connectivity index is 1.93. The maximum atomic E-state index is 13.5. The molecule has 104 valence electrons. The lowest BCUT2D eigenvalue weighted by Gasteiger charge is -2.22. The minimum Gasteiger partial charge on any atom is -0.352 e. The first kappa shape index (κ1) is 14.0. The number of carbonyl (C=O) groups is 1. The van der Waals surface area contributed by atoms with Gasteiger partial charge in [-0.05, 0) is 49.9 Å². The fraction of sp³-hybridized carbons (Fsp3) is 0.533. The summed E-state index contributed by atoms with van der Waals surface area (Å²) in [7, 11) is 0. The zero-order chi connectivity index (χ0) is 13.8. The number of piperidine rings is 1. The van der Waals surface area contributed by atoms with Crippen LogP contribution in [0.5, 0.6) is 0 Å². The van der Waals surface area contributed by atoms with E-state index >= 15 is 0 Å². The number of carbonyl (C=O) groups excluding carboxylic acids is 1. The lowest BCUT2D eigenvalue weighted by Crippen LogP contribution is -2.40. The van der Waals surface area contributed by atoms with Crippen molar-refractivity contribution in [1.29, 1.82) is 0 Å². The number of benzene rings is 1. The average molecular weight is 264 g/mol. The van der Waals surface area contributed by atoms with E-state index in [1.807, 2.05) is 0 Å². The molecule has 1 saturated heterocycles. The lowest BCUT2D eigenvalue weighted by molar-refractivity contribution is -0.125. The lowest BCUT2D eigenvalue weighted by atomic mass is 9.98. The van der Waals surface area contributed by atoms with Crippen LogP contribution in [0.25, 0.3) is 0 Å². The Hall–Kier alpha value is -1.42. The maximum Gasteiger partial charge on any atom is 0.224 e. The van der Waals surface area contributed by atoms with Crippen LogP contribution in [0.3, 0.4) is 0 Å². The minimum atomic E-state index is -0.161. The molecule has 0 bridgehead atoms. The van der Waals surface area contributed by atoms with Crippen molar-refractivity contribution < 1.29 is 9.18 Å². The van der Waals surface area contributed by atoms with Crippen molar-refractivity contribution in [3.8, 4) is 0 Å². The summed E-state index contributed by atoms with van der Waals surface area (Å²) in [4.78, 5) is 12.0. The van der Waals surface area contributed by atoms with E-state index in [1.165, 1.54) is 0 Å². The van der Waals surface area contributed by atoms with Gasteiger partial charge in [0.2, 0.25) is 5.91 Å². The molecule has 4 heteroatoms. The second-order valence-electron chi connectivity index (χ2n) is 5.30. The number of nitrogens with one attached hydrogen (secondary N) is 2. The molecule has 0 aliphatic carbocycles. The smallest absolute Gasteiger partial charge is 0.224 e. The van der Waals surface area contributed by atoms with Gasteiger partial charge < -0.3 is 10.6 Å². The third kappa shape index (κ3) is 3.53. The second kappa shape index (κ2) is 6.15. The van der Waals surface area contributed by atoms with E-state index in [2.05, 4.69) is 10.6 Å². The van der Waals surface area contributed by atoms with E-state index in [-0.39, 0.29) is 17.6 Å². The maximum absolute atomic E-state index is 13.5. The van der Waals surface area contributed by atoms with Crippen LogP contribution in [-0.4, -0.2) is 19.0 Å². The highest BCUT2D eigenvalue weighted by Crippen LogP contribution is 2.15. The molecule has 19 heavy (non-hydrogen) atoms. The highest BCUT2D eigenvalue weighted by atomic mass is 19.1. The summed E-state index contributed by atoms with van der Waals surface area (Å²) in [6, 6.07) is 3.59. The topological polar surface area (TPSA) is 41.1 Å². The predicted molar refractivity (Wildman–Crippen MR) is 73.3 cm³/mol. The molecule has 3 nitrogen and oxygen atoms in total. The Morgan fingerprint density at radius 2 is 2.11 bits per heavy atom. The molecule has 2 rings (SSSR count). The molecule has 1 aromatic carbocycles. The fourth-order valence-electron chi connectivity index (χ4n) is 2.55. The van der Waals surface area contributed by atoms with Gasteiger partial charge in [-0.25, -0.2) is 4.39 Å². The van der Waals surface area contributed by atoms with Gasteiger partial charge in [0, 0.05) is 13.1 Å². The van der Waals surface area contributed by atoms with E-state index in [4.69, 9.17) is 0 Å². The first-order valence-electron chi connectivity index (χ1n) is 6.82. The second-order valence-corrected chi connectivity index (χ2v) is 5.30. The van der Waals surface area contributed by atoms with Crippen molar-refractivity contribution in [2.75, 3.05) is 13.1 Å². The normalized spacial score (nSPS) is 19.2. The van der Waals surface area contributed by atoms with Crippen molar-refractivity contribution >= 4 is 5.91 Å². The molecular formula is C15H21FN2O. The van der Waals surface area contributed by atoms with Gasteiger partial charge in [-0.1, -0.05) is 12.1 Å². The number of aryl methyl sites for hydroxylation is 2. The molecule has 0 saturated carbocycles. The van der Waals surface area contributed by atoms with Crippen molar-refractivity contribution in [3.05, 3.63) is 34.6 Å². The highest BCUT2D eigenvalue weighted by molar-refractivity contribution is 5.78. The first-order chi connectivity index (χ1) is 9.08. The Bertz CT molecular complexity index is 444. The van der Waals surface area contributed by atoms with Crippen molar-refractivity contribution in [2.45, 2.75) is 33.2 Å². The van der Waals surface area contributed by atoms with Gasteiger partial charge in [-0.15, -0.1) is 0 Å². The number of halogens is 1. The molecule has 0 radical (unpaired) electrons. The molecular weight excluding hydrogens is 243 g/mol. The first-order valence-corrected chi connectivity index (χ1v) is 6.82. The van der Waals surface area contributed by atoms with Crippen LogP contribution in [-0.2, 0) is 11.3 Å². The Kier molecular flexibility index (Phi) is 4.53. The van der Waals surface area contributed by atoms with Crippen molar-refractivity contribution in [3.63, 3.8) is 0 Å². The van der Waals surface area contributed by atoms with Crippen molar-refractivity contribution in [2.24, 2.45) is 5.92 Å². The number of hydrogen-bond acceptors (Lipinski definition) is 2. The summed E-state index contributed by atoms with van der Waals surface area (Å²) < 4.78 is 13.5. The van der Waals surface area contributed by atoms with Gasteiger partial charge in [0.05, 0.1) is 5.92 Å². The molecule has 0 unspecified atom stereocenters. The summed E-state index contributed by atoms with van der Waals surface area (Å²) in [6.07, 6.45) is 1.99. The van der Waals surface area contributed by atoms with Crippen LogP contribution in [0.4, 0.5) is 4.39 Å². The van der Waals surface area contributed by atoms with Crippen molar-refractivity contribution in [1.82, 2.24) is 10.6 Å². The summed E-state index contributed by atoms with van der Waals surface area (Å²) >= 11 is 0. The standard InChI is InChI=1S/C15H21FN2O/c1-10-6-12(7-11(2)14(10)16)8-18-15(19)13-4-3-5-17-9-13/h6-7,13,17H,3-5,8-9H2,1-2H3,(H,18,19)/t13-/m0/s1. The van der Waals surface area contributed by atoms with E-state index in [9.17, 15) is 9.18 Å². The quantitative estimate of drug-likeness (QED) is 0.877. The van der Waals surface area contributed by atoms with Gasteiger partial charge >= 0.3 is 0 Å². The predicted octanol–water partition coefficient (Wildman–Crippen LogP) is 2.06. The van der Waals surface area contributed by atoms with Gasteiger partial charge in [-0.3, -0.25) is 4.79 Å². The molecule has 0 aromatic heterocycles. The Morgan fingerprint density at radius 1 is 1.42 bits per heavy atom. The third-order valence-corrected chi connectivity index (χ3v) is 3.63. The Morgan fingerprint density at radius 3 is 2.68 bits per heavy atom. The summed E-state index contributed by atoms with van der Waals surface area (Å²) in [5, 5.41) is 6.17. The zero-order valence-electron chi connectivity index (χ0n) is 11.6. The van der Waals surface area contributed by atoms with E-state index < -0.39 is 0 Å². The van der Waals surface area contributed by atoms with Crippen LogP contribution >= 0.6 is 0 Å². The number of hydrogen-bond donors (Lipinski definition) is 2. The summed E-state index contributed by atoms with van der Waals surface area (Å²) in [5.74, 6) is -0.00483. The molecule has 1 heterocycles. The average Bonchev–Trinajstić information content (AvgIpc) is 2.43. The summed E-state index contributed by atoms with van der Waals surface area (Å²) in [6.45, 7) is 5.72. The third-order valence-electron chi connectivity index (χ3n) is 3.63. The van der Waals surface area contributed by atoms with Crippen LogP contribution < -0.4 is 10.6 Å². The molecule has 1 aromatic rings. The molecule has 2 N–H and O–H groups in total. The highest BCUT2D eigenvalue weighted by Gasteiger charge is 2.20. The van der Waals surface area contributed by atoms with Gasteiger partial charge in [0.25, 0.3) is 0 Å². The number of rotatable bonds is 3. The molecule has 1 amide bonds. The molecule has 1 fully saturated rings. The van der Waals surface area contributed by atoms with Crippen LogP contribution in [0.2, 0.25) is 0 Å². The largest absolute Gasteiger partial charge is 0.352 e. The van der Waals surface area contributed by atoms with Gasteiger partial charge in [-0.2, -0.15) is 0 Å². The van der Waals surface area contributed by atoms with Crippen LogP contribution in [0.15, 0.2) is 12.1 Å². The monoisotopic (exact) mass is 264 g/mol. The SMILES string of the molecule is Cc1cc(CNC(=O)[C@H]2CCCNC2)cc(C)c1F. The number of amides is 1. The molecule has 1 aliphatic rings.